The third kappa shape index (κ3) is 3.22. The van der Waals surface area contributed by atoms with Crippen molar-refractivity contribution in [3.63, 3.8) is 0 Å². The van der Waals surface area contributed by atoms with Gasteiger partial charge in [0.25, 0.3) is 0 Å². The summed E-state index contributed by atoms with van der Waals surface area (Å²) in [5.74, 6) is 4.28. The Labute approximate surface area is 117 Å². The first-order chi connectivity index (χ1) is 9.24. The van der Waals surface area contributed by atoms with E-state index in [1.807, 2.05) is 12.3 Å². The van der Waals surface area contributed by atoms with Gasteiger partial charge in [0.2, 0.25) is 0 Å². The van der Waals surface area contributed by atoms with Gasteiger partial charge in [0.15, 0.2) is 0 Å². The molecule has 2 nitrogen and oxygen atoms in total. The molecule has 1 aromatic rings. The van der Waals surface area contributed by atoms with Gasteiger partial charge >= 0.3 is 0 Å². The molecule has 3 rings (SSSR count). The predicted octanol–water partition coefficient (Wildman–Crippen LogP) is 4.19. The van der Waals surface area contributed by atoms with Gasteiger partial charge in [-0.05, 0) is 68.5 Å². The van der Waals surface area contributed by atoms with Crippen molar-refractivity contribution in [2.24, 2.45) is 17.8 Å². The van der Waals surface area contributed by atoms with Crippen LogP contribution in [0.5, 0.6) is 0 Å². The van der Waals surface area contributed by atoms with Crippen molar-refractivity contribution in [3.05, 3.63) is 24.2 Å². The highest BCUT2D eigenvalue weighted by atomic mass is 16.3. The molecule has 3 atom stereocenters. The smallest absolute Gasteiger partial charge is 0.107 e. The second-order valence-electron chi connectivity index (χ2n) is 6.88. The van der Waals surface area contributed by atoms with E-state index in [0.717, 1.165) is 23.8 Å². The molecule has 0 saturated heterocycles. The second-order valence-corrected chi connectivity index (χ2v) is 6.88. The fourth-order valence-corrected chi connectivity index (χ4v) is 3.57. The Hall–Kier alpha value is -0.760. The molecule has 1 heterocycles. The van der Waals surface area contributed by atoms with Crippen LogP contribution in [0.3, 0.4) is 0 Å². The average Bonchev–Trinajstić information content (AvgIpc) is 3.08. The molecule has 106 valence electrons. The summed E-state index contributed by atoms with van der Waals surface area (Å²) in [5, 5.41) is 3.72. The van der Waals surface area contributed by atoms with Crippen LogP contribution in [0.2, 0.25) is 0 Å². The Bertz CT molecular complexity index is 380. The van der Waals surface area contributed by atoms with E-state index in [9.17, 15) is 0 Å². The van der Waals surface area contributed by atoms with Crippen molar-refractivity contribution < 1.29 is 4.42 Å². The van der Waals surface area contributed by atoms with Crippen LogP contribution in [0.25, 0.3) is 0 Å². The molecule has 2 aliphatic carbocycles. The molecule has 2 heteroatoms. The van der Waals surface area contributed by atoms with Gasteiger partial charge in [0.1, 0.15) is 5.76 Å². The van der Waals surface area contributed by atoms with Crippen molar-refractivity contribution in [1.29, 1.82) is 0 Å². The van der Waals surface area contributed by atoms with Crippen molar-refractivity contribution in [1.82, 2.24) is 5.32 Å². The van der Waals surface area contributed by atoms with Gasteiger partial charge < -0.3 is 9.73 Å². The summed E-state index contributed by atoms with van der Waals surface area (Å²) in [7, 11) is 0. The van der Waals surface area contributed by atoms with Gasteiger partial charge in [-0.2, -0.15) is 0 Å². The number of furan rings is 1. The molecular formula is C17H27NO. The molecule has 2 saturated carbocycles. The van der Waals surface area contributed by atoms with Crippen LogP contribution < -0.4 is 5.32 Å². The summed E-state index contributed by atoms with van der Waals surface area (Å²) in [6, 6.07) is 5.04. The summed E-state index contributed by atoms with van der Waals surface area (Å²) < 4.78 is 5.73. The number of nitrogens with one attached hydrogen (secondary N) is 1. The Morgan fingerprint density at radius 3 is 2.74 bits per heavy atom. The van der Waals surface area contributed by atoms with Gasteiger partial charge in [0.05, 0.1) is 6.26 Å². The minimum atomic E-state index is 0.627. The molecule has 0 spiro atoms. The highest BCUT2D eigenvalue weighted by Gasteiger charge is 2.35. The van der Waals surface area contributed by atoms with E-state index in [0.29, 0.717) is 5.92 Å². The first-order valence-electron chi connectivity index (χ1n) is 8.01. The van der Waals surface area contributed by atoms with E-state index in [1.165, 1.54) is 44.4 Å². The third-order valence-electron chi connectivity index (χ3n) is 5.13. The van der Waals surface area contributed by atoms with E-state index in [4.69, 9.17) is 4.42 Å². The molecule has 0 bridgehead atoms. The quantitative estimate of drug-likeness (QED) is 0.860. The topological polar surface area (TPSA) is 25.2 Å². The zero-order chi connectivity index (χ0) is 13.2. The first-order valence-corrected chi connectivity index (χ1v) is 8.01. The van der Waals surface area contributed by atoms with Crippen molar-refractivity contribution in [2.45, 2.75) is 57.9 Å². The molecule has 3 unspecified atom stereocenters. The van der Waals surface area contributed by atoms with E-state index < -0.39 is 0 Å². The number of hydrogen-bond acceptors (Lipinski definition) is 2. The van der Waals surface area contributed by atoms with Crippen LogP contribution in [0.1, 0.15) is 57.6 Å². The van der Waals surface area contributed by atoms with E-state index >= 15 is 0 Å². The molecule has 2 aliphatic rings. The van der Waals surface area contributed by atoms with Crippen molar-refractivity contribution in [3.8, 4) is 0 Å². The van der Waals surface area contributed by atoms with Gasteiger partial charge in [-0.25, -0.2) is 0 Å². The Kier molecular flexibility index (Phi) is 3.97. The van der Waals surface area contributed by atoms with E-state index in [1.54, 1.807) is 0 Å². The van der Waals surface area contributed by atoms with Crippen LogP contribution in [0.4, 0.5) is 0 Å². The largest absolute Gasteiger partial charge is 0.469 e. The lowest BCUT2D eigenvalue weighted by atomic mass is 9.69. The van der Waals surface area contributed by atoms with Crippen LogP contribution >= 0.6 is 0 Å². The SMILES string of the molecule is CC(C)C1CCC(CNC2CC2)C(c2ccco2)C1. The van der Waals surface area contributed by atoms with Crippen LogP contribution in [0, 0.1) is 17.8 Å². The van der Waals surface area contributed by atoms with Crippen LogP contribution in [0.15, 0.2) is 22.8 Å². The monoisotopic (exact) mass is 261 g/mol. The van der Waals surface area contributed by atoms with E-state index in [-0.39, 0.29) is 0 Å². The third-order valence-corrected chi connectivity index (χ3v) is 5.13. The lowest BCUT2D eigenvalue weighted by Crippen LogP contribution is -2.34. The predicted molar refractivity (Wildman–Crippen MR) is 78.1 cm³/mol. The molecule has 19 heavy (non-hydrogen) atoms. The molecular weight excluding hydrogens is 234 g/mol. The Morgan fingerprint density at radius 2 is 2.11 bits per heavy atom. The van der Waals surface area contributed by atoms with Gasteiger partial charge in [-0.15, -0.1) is 0 Å². The Balaban J connectivity index is 1.67. The fraction of sp³-hybridized carbons (Fsp3) is 0.765. The lowest BCUT2D eigenvalue weighted by Gasteiger charge is -2.37. The van der Waals surface area contributed by atoms with Gasteiger partial charge in [0, 0.05) is 12.0 Å². The maximum absolute atomic E-state index is 5.73. The highest BCUT2D eigenvalue weighted by molar-refractivity contribution is 5.09. The summed E-state index contributed by atoms with van der Waals surface area (Å²) >= 11 is 0. The summed E-state index contributed by atoms with van der Waals surface area (Å²) in [6.45, 7) is 5.92. The zero-order valence-electron chi connectivity index (χ0n) is 12.3. The molecule has 1 aromatic heterocycles. The zero-order valence-corrected chi connectivity index (χ0v) is 12.3. The first kappa shape index (κ1) is 13.2. The molecule has 0 radical (unpaired) electrons. The normalized spacial score (nSPS) is 31.8. The average molecular weight is 261 g/mol. The van der Waals surface area contributed by atoms with E-state index in [2.05, 4.69) is 25.2 Å². The molecule has 2 fully saturated rings. The highest BCUT2D eigenvalue weighted by Crippen LogP contribution is 2.43. The van der Waals surface area contributed by atoms with Gasteiger partial charge in [-0.3, -0.25) is 0 Å². The summed E-state index contributed by atoms with van der Waals surface area (Å²) in [5.41, 5.74) is 0. The fourth-order valence-electron chi connectivity index (χ4n) is 3.57. The summed E-state index contributed by atoms with van der Waals surface area (Å²) in [6.07, 6.45) is 8.65. The molecule has 0 aromatic carbocycles. The van der Waals surface area contributed by atoms with Crippen LogP contribution in [-0.2, 0) is 0 Å². The Morgan fingerprint density at radius 1 is 1.26 bits per heavy atom. The van der Waals surface area contributed by atoms with Crippen LogP contribution in [-0.4, -0.2) is 12.6 Å². The molecule has 0 aliphatic heterocycles. The minimum absolute atomic E-state index is 0.627. The number of rotatable bonds is 5. The standard InChI is InChI=1S/C17H27NO/c1-12(2)13-5-6-14(11-18-15-7-8-15)16(10-13)17-4-3-9-19-17/h3-4,9,12-16,18H,5-8,10-11H2,1-2H3. The maximum Gasteiger partial charge on any atom is 0.107 e. The number of hydrogen-bond donors (Lipinski definition) is 1. The van der Waals surface area contributed by atoms with Crippen molar-refractivity contribution >= 4 is 0 Å². The molecule has 0 amide bonds. The maximum atomic E-state index is 5.73. The summed E-state index contributed by atoms with van der Waals surface area (Å²) in [4.78, 5) is 0. The van der Waals surface area contributed by atoms with Crippen molar-refractivity contribution in [2.75, 3.05) is 6.54 Å². The molecule has 1 N–H and O–H groups in total. The minimum Gasteiger partial charge on any atom is -0.469 e. The second kappa shape index (κ2) is 5.70. The van der Waals surface area contributed by atoms with Gasteiger partial charge in [-0.1, -0.05) is 13.8 Å². The lowest BCUT2D eigenvalue weighted by molar-refractivity contribution is 0.175.